The quantitative estimate of drug-likeness (QED) is 0.789. The van der Waals surface area contributed by atoms with Crippen molar-refractivity contribution in [1.82, 2.24) is 4.98 Å². The van der Waals surface area contributed by atoms with E-state index in [-0.39, 0.29) is 5.91 Å². The van der Waals surface area contributed by atoms with Crippen molar-refractivity contribution in [2.75, 3.05) is 12.4 Å². The lowest BCUT2D eigenvalue weighted by Gasteiger charge is -2.08. The van der Waals surface area contributed by atoms with Crippen LogP contribution in [0.25, 0.3) is 10.2 Å². The molecular weight excluding hydrogens is 296 g/mol. The van der Waals surface area contributed by atoms with Crippen LogP contribution in [0.5, 0.6) is 5.75 Å². The first-order chi connectivity index (χ1) is 10.6. The minimum Gasteiger partial charge on any atom is -0.496 e. The molecule has 2 aromatic carbocycles. The van der Waals surface area contributed by atoms with Gasteiger partial charge in [0, 0.05) is 11.3 Å². The molecular formula is C17H16N2O2S. The predicted molar refractivity (Wildman–Crippen MR) is 90.0 cm³/mol. The molecule has 3 aromatic rings. The predicted octanol–water partition coefficient (Wildman–Crippen LogP) is 4.17. The molecule has 112 valence electrons. The van der Waals surface area contributed by atoms with Gasteiger partial charge in [0.1, 0.15) is 5.75 Å². The van der Waals surface area contributed by atoms with Gasteiger partial charge in [-0.05, 0) is 49.7 Å². The third-order valence-electron chi connectivity index (χ3n) is 3.42. The van der Waals surface area contributed by atoms with E-state index in [2.05, 4.69) is 10.3 Å². The molecule has 0 fully saturated rings. The molecule has 0 aliphatic carbocycles. The summed E-state index contributed by atoms with van der Waals surface area (Å²) in [5.74, 6) is 0.556. The Morgan fingerprint density at radius 2 is 2.00 bits per heavy atom. The number of aromatic nitrogens is 1. The van der Waals surface area contributed by atoms with E-state index in [1.165, 1.54) is 0 Å². The van der Waals surface area contributed by atoms with Gasteiger partial charge in [0.15, 0.2) is 0 Å². The van der Waals surface area contributed by atoms with Crippen molar-refractivity contribution in [2.45, 2.75) is 13.8 Å². The summed E-state index contributed by atoms with van der Waals surface area (Å²) in [6, 6.07) is 11.2. The standard InChI is InChI=1S/C17H16N2O2S/c1-10-4-5-12(8-15(10)21-3)17(20)19-13-6-7-14-16(9-13)22-11(2)18-14/h4-9H,1-3H3,(H,19,20). The number of amides is 1. The molecule has 5 heteroatoms. The van der Waals surface area contributed by atoms with Crippen LogP contribution in [0.15, 0.2) is 36.4 Å². The first kappa shape index (κ1) is 14.5. The van der Waals surface area contributed by atoms with E-state index in [1.54, 1.807) is 30.6 Å². The highest BCUT2D eigenvalue weighted by Gasteiger charge is 2.10. The highest BCUT2D eigenvalue weighted by atomic mass is 32.1. The number of thiazole rings is 1. The molecule has 22 heavy (non-hydrogen) atoms. The van der Waals surface area contributed by atoms with Crippen LogP contribution in [-0.4, -0.2) is 18.0 Å². The number of carbonyl (C=O) groups is 1. The molecule has 1 N–H and O–H groups in total. The number of ether oxygens (including phenoxy) is 1. The van der Waals surface area contributed by atoms with Crippen molar-refractivity contribution in [3.05, 3.63) is 52.5 Å². The lowest BCUT2D eigenvalue weighted by molar-refractivity contribution is 0.102. The summed E-state index contributed by atoms with van der Waals surface area (Å²) in [4.78, 5) is 16.8. The van der Waals surface area contributed by atoms with Crippen molar-refractivity contribution < 1.29 is 9.53 Å². The van der Waals surface area contributed by atoms with E-state index >= 15 is 0 Å². The second kappa shape index (κ2) is 5.77. The summed E-state index contributed by atoms with van der Waals surface area (Å²) in [6.07, 6.45) is 0. The summed E-state index contributed by atoms with van der Waals surface area (Å²) in [6.45, 7) is 3.92. The number of benzene rings is 2. The largest absolute Gasteiger partial charge is 0.496 e. The number of hydrogen-bond acceptors (Lipinski definition) is 4. The van der Waals surface area contributed by atoms with Crippen molar-refractivity contribution >= 4 is 33.1 Å². The number of methoxy groups -OCH3 is 1. The Morgan fingerprint density at radius 1 is 1.18 bits per heavy atom. The molecule has 0 aliphatic rings. The Balaban J connectivity index is 1.85. The van der Waals surface area contributed by atoms with Crippen LogP contribution in [0, 0.1) is 13.8 Å². The van der Waals surface area contributed by atoms with Crippen LogP contribution in [0.4, 0.5) is 5.69 Å². The fourth-order valence-corrected chi connectivity index (χ4v) is 3.15. The van der Waals surface area contributed by atoms with E-state index in [0.717, 1.165) is 26.5 Å². The minimum absolute atomic E-state index is 0.154. The summed E-state index contributed by atoms with van der Waals surface area (Å²) in [5.41, 5.74) is 3.29. The van der Waals surface area contributed by atoms with E-state index in [4.69, 9.17) is 4.74 Å². The molecule has 0 aliphatic heterocycles. The van der Waals surface area contributed by atoms with Gasteiger partial charge < -0.3 is 10.1 Å². The fraction of sp³-hybridized carbons (Fsp3) is 0.176. The minimum atomic E-state index is -0.154. The van der Waals surface area contributed by atoms with Crippen molar-refractivity contribution in [3.63, 3.8) is 0 Å². The molecule has 0 saturated heterocycles. The maximum atomic E-state index is 12.4. The van der Waals surface area contributed by atoms with Gasteiger partial charge in [-0.3, -0.25) is 4.79 Å². The molecule has 0 atom stereocenters. The van der Waals surface area contributed by atoms with E-state index < -0.39 is 0 Å². The Labute approximate surface area is 132 Å². The highest BCUT2D eigenvalue weighted by molar-refractivity contribution is 7.18. The van der Waals surface area contributed by atoms with Gasteiger partial charge in [0.25, 0.3) is 5.91 Å². The fourth-order valence-electron chi connectivity index (χ4n) is 2.28. The van der Waals surface area contributed by atoms with Crippen LogP contribution in [0.1, 0.15) is 20.9 Å². The van der Waals surface area contributed by atoms with Crippen molar-refractivity contribution in [2.24, 2.45) is 0 Å². The van der Waals surface area contributed by atoms with Crippen LogP contribution < -0.4 is 10.1 Å². The molecule has 3 rings (SSSR count). The highest BCUT2D eigenvalue weighted by Crippen LogP contribution is 2.25. The second-order valence-electron chi connectivity index (χ2n) is 5.05. The van der Waals surface area contributed by atoms with E-state index in [1.807, 2.05) is 38.1 Å². The second-order valence-corrected chi connectivity index (χ2v) is 6.29. The number of anilines is 1. The van der Waals surface area contributed by atoms with Crippen LogP contribution >= 0.6 is 11.3 Å². The zero-order valence-electron chi connectivity index (χ0n) is 12.6. The molecule has 1 amide bonds. The number of hydrogen-bond donors (Lipinski definition) is 1. The summed E-state index contributed by atoms with van der Waals surface area (Å²) in [5, 5.41) is 3.93. The smallest absolute Gasteiger partial charge is 0.255 e. The zero-order chi connectivity index (χ0) is 15.7. The average Bonchev–Trinajstić information content (AvgIpc) is 2.87. The lowest BCUT2D eigenvalue weighted by Crippen LogP contribution is -2.12. The van der Waals surface area contributed by atoms with E-state index in [9.17, 15) is 4.79 Å². The van der Waals surface area contributed by atoms with Crippen molar-refractivity contribution in [1.29, 1.82) is 0 Å². The Hall–Kier alpha value is -2.40. The Kier molecular flexibility index (Phi) is 3.81. The maximum Gasteiger partial charge on any atom is 0.255 e. The van der Waals surface area contributed by atoms with Gasteiger partial charge >= 0.3 is 0 Å². The SMILES string of the molecule is COc1cc(C(=O)Nc2ccc3nc(C)sc3c2)ccc1C. The monoisotopic (exact) mass is 312 g/mol. The van der Waals surface area contributed by atoms with Crippen LogP contribution in [-0.2, 0) is 0 Å². The first-order valence-electron chi connectivity index (χ1n) is 6.90. The Bertz CT molecular complexity index is 855. The number of fused-ring (bicyclic) bond motifs is 1. The van der Waals surface area contributed by atoms with Gasteiger partial charge in [-0.25, -0.2) is 4.98 Å². The van der Waals surface area contributed by atoms with Gasteiger partial charge in [-0.2, -0.15) is 0 Å². The maximum absolute atomic E-state index is 12.4. The first-order valence-corrected chi connectivity index (χ1v) is 7.71. The van der Waals surface area contributed by atoms with E-state index in [0.29, 0.717) is 11.3 Å². The normalized spacial score (nSPS) is 10.7. The molecule has 0 saturated carbocycles. The molecule has 0 radical (unpaired) electrons. The number of nitrogens with zero attached hydrogens (tertiary/aromatic N) is 1. The van der Waals surface area contributed by atoms with Gasteiger partial charge in [0.2, 0.25) is 0 Å². The molecule has 0 spiro atoms. The number of nitrogens with one attached hydrogen (secondary N) is 1. The molecule has 0 bridgehead atoms. The topological polar surface area (TPSA) is 51.2 Å². The van der Waals surface area contributed by atoms with Gasteiger partial charge in [0.05, 0.1) is 22.3 Å². The third kappa shape index (κ3) is 2.80. The number of rotatable bonds is 3. The molecule has 1 aromatic heterocycles. The summed E-state index contributed by atoms with van der Waals surface area (Å²) < 4.78 is 6.33. The van der Waals surface area contributed by atoms with Crippen molar-refractivity contribution in [3.8, 4) is 5.75 Å². The zero-order valence-corrected chi connectivity index (χ0v) is 13.5. The summed E-state index contributed by atoms with van der Waals surface area (Å²) >= 11 is 1.61. The van der Waals surface area contributed by atoms with Gasteiger partial charge in [-0.15, -0.1) is 11.3 Å². The lowest BCUT2D eigenvalue weighted by atomic mass is 10.1. The third-order valence-corrected chi connectivity index (χ3v) is 4.36. The summed E-state index contributed by atoms with van der Waals surface area (Å²) in [7, 11) is 1.60. The average molecular weight is 312 g/mol. The number of carbonyl (C=O) groups excluding carboxylic acids is 1. The number of aryl methyl sites for hydroxylation is 2. The van der Waals surface area contributed by atoms with Crippen LogP contribution in [0.2, 0.25) is 0 Å². The molecule has 4 nitrogen and oxygen atoms in total. The molecule has 1 heterocycles. The molecule has 0 unspecified atom stereocenters. The Morgan fingerprint density at radius 3 is 2.77 bits per heavy atom. The van der Waals surface area contributed by atoms with Gasteiger partial charge in [-0.1, -0.05) is 6.07 Å². The van der Waals surface area contributed by atoms with Crippen LogP contribution in [0.3, 0.4) is 0 Å².